The van der Waals surface area contributed by atoms with E-state index in [1.54, 1.807) is 13.0 Å². The van der Waals surface area contributed by atoms with E-state index in [1.807, 2.05) is 0 Å². The third-order valence-corrected chi connectivity index (χ3v) is 2.28. The number of hydrogen-bond donors (Lipinski definition) is 3. The number of carboxylic acid groups (broad SMARTS) is 1. The van der Waals surface area contributed by atoms with Crippen molar-refractivity contribution in [1.82, 2.24) is 5.32 Å². The SMILES string of the molecule is Cc1cc(NCC(=O)NCC(=O)O)ccc1[N+](=O)[O-]. The van der Waals surface area contributed by atoms with Crippen LogP contribution in [0.1, 0.15) is 5.56 Å². The van der Waals surface area contributed by atoms with Gasteiger partial charge >= 0.3 is 5.97 Å². The molecule has 102 valence electrons. The van der Waals surface area contributed by atoms with Gasteiger partial charge in [0.05, 0.1) is 11.5 Å². The highest BCUT2D eigenvalue weighted by atomic mass is 16.6. The Morgan fingerprint density at radius 2 is 2.05 bits per heavy atom. The zero-order valence-electron chi connectivity index (χ0n) is 10.2. The van der Waals surface area contributed by atoms with Crippen molar-refractivity contribution >= 4 is 23.3 Å². The number of anilines is 1. The second-order valence-electron chi connectivity index (χ2n) is 3.78. The number of carbonyl (C=O) groups is 2. The highest BCUT2D eigenvalue weighted by molar-refractivity contribution is 5.84. The minimum absolute atomic E-state index is 0.000814. The van der Waals surface area contributed by atoms with E-state index in [4.69, 9.17) is 5.11 Å². The smallest absolute Gasteiger partial charge is 0.322 e. The normalized spacial score (nSPS) is 9.74. The molecule has 8 heteroatoms. The first kappa shape index (κ1) is 14.4. The molecule has 0 fully saturated rings. The molecule has 0 aliphatic carbocycles. The Labute approximate surface area is 108 Å². The summed E-state index contributed by atoms with van der Waals surface area (Å²) in [6, 6.07) is 4.37. The van der Waals surface area contributed by atoms with Gasteiger partial charge in [-0.15, -0.1) is 0 Å². The Bertz CT molecular complexity index is 515. The van der Waals surface area contributed by atoms with Crippen LogP contribution in [0.15, 0.2) is 18.2 Å². The van der Waals surface area contributed by atoms with Gasteiger partial charge in [-0.2, -0.15) is 0 Å². The number of hydrogen-bond acceptors (Lipinski definition) is 5. The fourth-order valence-corrected chi connectivity index (χ4v) is 1.39. The number of aryl methyl sites for hydroxylation is 1. The van der Waals surface area contributed by atoms with Gasteiger partial charge in [-0.3, -0.25) is 19.7 Å². The quantitative estimate of drug-likeness (QED) is 0.510. The van der Waals surface area contributed by atoms with E-state index in [2.05, 4.69) is 10.6 Å². The maximum absolute atomic E-state index is 11.2. The summed E-state index contributed by atoms with van der Waals surface area (Å²) < 4.78 is 0. The van der Waals surface area contributed by atoms with E-state index in [1.165, 1.54) is 12.1 Å². The third-order valence-electron chi connectivity index (χ3n) is 2.28. The molecule has 0 saturated carbocycles. The van der Waals surface area contributed by atoms with Crippen LogP contribution < -0.4 is 10.6 Å². The van der Waals surface area contributed by atoms with Gasteiger partial charge in [0.25, 0.3) is 5.69 Å². The average Bonchev–Trinajstić information content (AvgIpc) is 2.33. The first-order valence-electron chi connectivity index (χ1n) is 5.37. The van der Waals surface area contributed by atoms with E-state index in [9.17, 15) is 19.7 Å². The number of carbonyl (C=O) groups excluding carboxylic acids is 1. The monoisotopic (exact) mass is 267 g/mol. The lowest BCUT2D eigenvalue weighted by atomic mass is 10.2. The fraction of sp³-hybridized carbons (Fsp3) is 0.273. The number of nitro groups is 1. The molecule has 0 aliphatic rings. The molecule has 0 aliphatic heterocycles. The van der Waals surface area contributed by atoms with Crippen LogP contribution in [0.25, 0.3) is 0 Å². The molecule has 0 atom stereocenters. The van der Waals surface area contributed by atoms with Gasteiger partial charge < -0.3 is 15.7 Å². The second kappa shape index (κ2) is 6.34. The zero-order chi connectivity index (χ0) is 14.4. The molecule has 0 spiro atoms. The molecule has 0 unspecified atom stereocenters. The predicted octanol–water partition coefficient (Wildman–Crippen LogP) is 0.516. The molecule has 19 heavy (non-hydrogen) atoms. The number of aliphatic carboxylic acids is 1. The Kier molecular flexibility index (Phi) is 4.81. The molecule has 1 amide bonds. The number of nitro benzene ring substituents is 1. The van der Waals surface area contributed by atoms with Gasteiger partial charge in [-0.05, 0) is 19.1 Å². The summed E-state index contributed by atoms with van der Waals surface area (Å²) in [6.07, 6.45) is 0. The standard InChI is InChI=1S/C11H13N3O5/c1-7-4-8(2-3-9(7)14(18)19)12-5-10(15)13-6-11(16)17/h2-4,12H,5-6H2,1H3,(H,13,15)(H,16,17). The number of amides is 1. The van der Waals surface area contributed by atoms with Crippen LogP contribution in [0.3, 0.4) is 0 Å². The Morgan fingerprint density at radius 3 is 2.58 bits per heavy atom. The Hall–Kier alpha value is -2.64. The topological polar surface area (TPSA) is 122 Å². The number of carboxylic acids is 1. The molecule has 0 saturated heterocycles. The lowest BCUT2D eigenvalue weighted by Crippen LogP contribution is -2.33. The Morgan fingerprint density at radius 1 is 1.37 bits per heavy atom. The summed E-state index contributed by atoms with van der Waals surface area (Å²) >= 11 is 0. The molecule has 0 bridgehead atoms. The number of nitrogens with zero attached hydrogens (tertiary/aromatic N) is 1. The molecular weight excluding hydrogens is 254 g/mol. The van der Waals surface area contributed by atoms with Crippen molar-refractivity contribution in [2.24, 2.45) is 0 Å². The van der Waals surface area contributed by atoms with E-state index in [0.29, 0.717) is 11.3 Å². The van der Waals surface area contributed by atoms with Crippen molar-refractivity contribution in [2.75, 3.05) is 18.4 Å². The molecule has 1 rings (SSSR count). The van der Waals surface area contributed by atoms with Gasteiger partial charge in [-0.25, -0.2) is 0 Å². The van der Waals surface area contributed by atoms with Crippen LogP contribution in [-0.2, 0) is 9.59 Å². The van der Waals surface area contributed by atoms with Crippen molar-refractivity contribution in [3.05, 3.63) is 33.9 Å². The summed E-state index contributed by atoms with van der Waals surface area (Å²) in [5, 5.41) is 23.9. The fourth-order valence-electron chi connectivity index (χ4n) is 1.39. The largest absolute Gasteiger partial charge is 0.480 e. The number of benzene rings is 1. The lowest BCUT2D eigenvalue weighted by Gasteiger charge is -2.07. The number of rotatable bonds is 6. The Balaban J connectivity index is 2.54. The van der Waals surface area contributed by atoms with Crippen LogP contribution in [-0.4, -0.2) is 35.0 Å². The molecule has 1 aromatic rings. The second-order valence-corrected chi connectivity index (χ2v) is 3.78. The summed E-state index contributed by atoms with van der Waals surface area (Å²) in [5.41, 5.74) is 1.02. The molecule has 3 N–H and O–H groups in total. The number of nitrogens with one attached hydrogen (secondary N) is 2. The van der Waals surface area contributed by atoms with Gasteiger partial charge in [0.15, 0.2) is 0 Å². The minimum atomic E-state index is -1.13. The van der Waals surface area contributed by atoms with E-state index in [0.717, 1.165) is 0 Å². The average molecular weight is 267 g/mol. The van der Waals surface area contributed by atoms with Crippen LogP contribution in [0, 0.1) is 17.0 Å². The highest BCUT2D eigenvalue weighted by Crippen LogP contribution is 2.21. The highest BCUT2D eigenvalue weighted by Gasteiger charge is 2.10. The lowest BCUT2D eigenvalue weighted by molar-refractivity contribution is -0.385. The van der Waals surface area contributed by atoms with Crippen molar-refractivity contribution in [3.63, 3.8) is 0 Å². The van der Waals surface area contributed by atoms with Crippen molar-refractivity contribution in [2.45, 2.75) is 6.92 Å². The first-order valence-corrected chi connectivity index (χ1v) is 5.37. The van der Waals surface area contributed by atoms with Crippen LogP contribution in [0.5, 0.6) is 0 Å². The summed E-state index contributed by atoms with van der Waals surface area (Å²) in [6.45, 7) is 1.04. The van der Waals surface area contributed by atoms with Crippen LogP contribution in [0.2, 0.25) is 0 Å². The van der Waals surface area contributed by atoms with Gasteiger partial charge in [0.2, 0.25) is 5.91 Å². The summed E-state index contributed by atoms with van der Waals surface area (Å²) in [4.78, 5) is 31.6. The van der Waals surface area contributed by atoms with E-state index >= 15 is 0 Å². The molecule has 1 aromatic carbocycles. The molecular formula is C11H13N3O5. The van der Waals surface area contributed by atoms with Crippen molar-refractivity contribution in [3.8, 4) is 0 Å². The molecule has 0 radical (unpaired) electrons. The molecule has 0 heterocycles. The summed E-state index contributed by atoms with van der Waals surface area (Å²) in [5.74, 6) is -1.60. The van der Waals surface area contributed by atoms with Crippen LogP contribution in [0.4, 0.5) is 11.4 Å². The summed E-state index contributed by atoms with van der Waals surface area (Å²) in [7, 11) is 0. The van der Waals surface area contributed by atoms with Gasteiger partial charge in [0, 0.05) is 17.3 Å². The third kappa shape index (κ3) is 4.62. The predicted molar refractivity (Wildman–Crippen MR) is 67.0 cm³/mol. The zero-order valence-corrected chi connectivity index (χ0v) is 10.2. The van der Waals surface area contributed by atoms with Crippen LogP contribution >= 0.6 is 0 Å². The molecule has 0 aromatic heterocycles. The minimum Gasteiger partial charge on any atom is -0.480 e. The van der Waals surface area contributed by atoms with E-state index in [-0.39, 0.29) is 12.2 Å². The van der Waals surface area contributed by atoms with Crippen molar-refractivity contribution < 1.29 is 19.6 Å². The van der Waals surface area contributed by atoms with Gasteiger partial charge in [-0.1, -0.05) is 0 Å². The van der Waals surface area contributed by atoms with E-state index < -0.39 is 23.3 Å². The molecule has 8 nitrogen and oxygen atoms in total. The maximum Gasteiger partial charge on any atom is 0.322 e. The van der Waals surface area contributed by atoms with Crippen molar-refractivity contribution in [1.29, 1.82) is 0 Å². The first-order chi connectivity index (χ1) is 8.90. The maximum atomic E-state index is 11.2. The van der Waals surface area contributed by atoms with Gasteiger partial charge in [0.1, 0.15) is 6.54 Å².